The van der Waals surface area contributed by atoms with Crippen LogP contribution in [0.5, 0.6) is 0 Å². The smallest absolute Gasteiger partial charge is 0.0365 e. The Hall–Kier alpha value is 0.394. The first kappa shape index (κ1) is 8.39. The fourth-order valence-corrected chi connectivity index (χ4v) is 3.53. The first-order valence-corrected chi connectivity index (χ1v) is 6.83. The molecule has 0 bridgehead atoms. The molecule has 0 N–H and O–H groups in total. The molecule has 0 saturated heterocycles. The van der Waals surface area contributed by atoms with Crippen molar-refractivity contribution in [2.75, 3.05) is 20.3 Å². The zero-order chi connectivity index (χ0) is 6.41. The Bertz CT molecular complexity index is 47.7. The van der Waals surface area contributed by atoms with Gasteiger partial charge in [0, 0.05) is 19.8 Å². The van der Waals surface area contributed by atoms with Crippen LogP contribution in [0.25, 0.3) is 0 Å². The van der Waals surface area contributed by atoms with Gasteiger partial charge in [-0.05, 0) is 20.3 Å². The normalized spacial score (nSPS) is 12.4. The molecular weight excluding hydrogens is 130 g/mol. The molecule has 0 aliphatic rings. The number of rotatable bonds is 4. The van der Waals surface area contributed by atoms with Gasteiger partial charge in [0.1, 0.15) is 0 Å². The van der Waals surface area contributed by atoms with Gasteiger partial charge in [0.15, 0.2) is 0 Å². The molecule has 0 heterocycles. The number of hydrogen-bond acceptors (Lipinski definition) is 1. The van der Waals surface area contributed by atoms with E-state index in [0.717, 1.165) is 0 Å². The van der Waals surface area contributed by atoms with E-state index in [2.05, 4.69) is 19.0 Å². The molecule has 50 valence electrons. The molecule has 0 fully saturated rings. The summed E-state index contributed by atoms with van der Waals surface area (Å²) in [6, 6.07) is 3.10. The monoisotopic (exact) mass is 147 g/mol. The highest BCUT2D eigenvalue weighted by Gasteiger charge is 1.87. The molecule has 0 atom stereocenters. The molecule has 0 aliphatic heterocycles. The van der Waals surface area contributed by atoms with Gasteiger partial charge in [-0.3, -0.25) is 0 Å². The van der Waals surface area contributed by atoms with Gasteiger partial charge in [-0.25, -0.2) is 0 Å². The second-order valence-corrected chi connectivity index (χ2v) is 5.37. The quantitative estimate of drug-likeness (QED) is 0.360. The van der Waals surface area contributed by atoms with Crippen LogP contribution in [0.3, 0.4) is 0 Å². The van der Waals surface area contributed by atoms with Gasteiger partial charge in [0.2, 0.25) is 0 Å². The van der Waals surface area contributed by atoms with Crippen LogP contribution in [0.15, 0.2) is 0 Å². The molecule has 0 radical (unpaired) electrons. The Morgan fingerprint density at radius 2 is 2.12 bits per heavy atom. The minimum atomic E-state index is 0.324. The zero-order valence-electron chi connectivity index (χ0n) is 6.28. The van der Waals surface area contributed by atoms with E-state index >= 15 is 0 Å². The second kappa shape index (κ2) is 5.53. The Morgan fingerprint density at radius 1 is 1.50 bits per heavy atom. The van der Waals surface area contributed by atoms with Gasteiger partial charge >= 0.3 is 0 Å². The topological polar surface area (TPSA) is 3.24 Å². The van der Waals surface area contributed by atoms with Crippen molar-refractivity contribution >= 4 is 19.8 Å². The second-order valence-electron chi connectivity index (χ2n) is 2.51. The molecule has 0 amide bonds. The summed E-state index contributed by atoms with van der Waals surface area (Å²) in [6.45, 7) is 0. The lowest BCUT2D eigenvalue weighted by atomic mass is 10.9. The predicted molar refractivity (Wildman–Crippen MR) is 46.7 cm³/mol. The standard InChI is InChI=1S/C5H17NSi2/c1-6(2)5-8-4-3-7/h3-5,8H2,1-2,7H3. The molecule has 0 aromatic carbocycles. The fraction of sp³-hybridized carbons (Fsp3) is 1.00. The first-order valence-electron chi connectivity index (χ1n) is 3.42. The van der Waals surface area contributed by atoms with Crippen LogP contribution in [-0.2, 0) is 0 Å². The van der Waals surface area contributed by atoms with E-state index in [4.69, 9.17) is 0 Å². The highest BCUT2D eigenvalue weighted by atomic mass is 28.2. The molecule has 3 heteroatoms. The van der Waals surface area contributed by atoms with Crippen molar-refractivity contribution in [3.8, 4) is 0 Å². The maximum absolute atomic E-state index is 2.31. The summed E-state index contributed by atoms with van der Waals surface area (Å²) in [4.78, 5) is 2.31. The number of nitrogens with zero attached hydrogens (tertiary/aromatic N) is 1. The van der Waals surface area contributed by atoms with Gasteiger partial charge in [0.05, 0.1) is 0 Å². The average Bonchev–Trinajstić information content (AvgIpc) is 1.66. The highest BCUT2D eigenvalue weighted by molar-refractivity contribution is 6.37. The van der Waals surface area contributed by atoms with Crippen LogP contribution in [0, 0.1) is 0 Å². The summed E-state index contributed by atoms with van der Waals surface area (Å²) in [5.41, 5.74) is 0. The molecule has 1 nitrogen and oxygen atoms in total. The Morgan fingerprint density at radius 3 is 2.50 bits per heavy atom. The lowest BCUT2D eigenvalue weighted by Gasteiger charge is -2.06. The van der Waals surface area contributed by atoms with Crippen molar-refractivity contribution in [3.05, 3.63) is 0 Å². The van der Waals surface area contributed by atoms with Crippen LogP contribution >= 0.6 is 0 Å². The Labute approximate surface area is 57.7 Å². The van der Waals surface area contributed by atoms with E-state index in [0.29, 0.717) is 9.52 Å². The van der Waals surface area contributed by atoms with E-state index in [-0.39, 0.29) is 0 Å². The van der Waals surface area contributed by atoms with Crippen molar-refractivity contribution in [2.45, 2.75) is 12.1 Å². The summed E-state index contributed by atoms with van der Waals surface area (Å²) in [5.74, 6) is 0. The predicted octanol–water partition coefficient (Wildman–Crippen LogP) is -1.12. The minimum Gasteiger partial charge on any atom is -0.313 e. The molecular formula is C5H17NSi2. The third-order valence-corrected chi connectivity index (χ3v) is 5.75. The summed E-state index contributed by atoms with van der Waals surface area (Å²) in [6.07, 6.45) is 1.40. The van der Waals surface area contributed by atoms with Crippen LogP contribution in [0.4, 0.5) is 0 Å². The molecule has 0 aromatic heterocycles. The maximum atomic E-state index is 2.31. The molecule has 0 spiro atoms. The van der Waals surface area contributed by atoms with E-state index in [9.17, 15) is 0 Å². The summed E-state index contributed by atoms with van der Waals surface area (Å²) < 4.78 is 0. The highest BCUT2D eigenvalue weighted by Crippen LogP contribution is 1.83. The maximum Gasteiger partial charge on any atom is 0.0365 e. The lowest BCUT2D eigenvalue weighted by Crippen LogP contribution is -2.18. The van der Waals surface area contributed by atoms with Crippen molar-refractivity contribution in [2.24, 2.45) is 0 Å². The van der Waals surface area contributed by atoms with Crippen LogP contribution < -0.4 is 0 Å². The summed E-state index contributed by atoms with van der Waals surface area (Å²) in [7, 11) is 6.07. The van der Waals surface area contributed by atoms with Crippen LogP contribution in [0.2, 0.25) is 12.1 Å². The molecule has 0 aliphatic carbocycles. The van der Waals surface area contributed by atoms with Gasteiger partial charge in [-0.1, -0.05) is 12.1 Å². The largest absolute Gasteiger partial charge is 0.313 e. The molecule has 0 rings (SSSR count). The fourth-order valence-electron chi connectivity index (χ4n) is 0.678. The Balaban J connectivity index is 2.72. The van der Waals surface area contributed by atoms with E-state index in [1.807, 2.05) is 0 Å². The van der Waals surface area contributed by atoms with Gasteiger partial charge < -0.3 is 4.90 Å². The molecule has 0 unspecified atom stereocenters. The lowest BCUT2D eigenvalue weighted by molar-refractivity contribution is 0.477. The molecule has 8 heavy (non-hydrogen) atoms. The van der Waals surface area contributed by atoms with Gasteiger partial charge in [0.25, 0.3) is 0 Å². The summed E-state index contributed by atoms with van der Waals surface area (Å²) in [5, 5.41) is 0. The van der Waals surface area contributed by atoms with Crippen molar-refractivity contribution < 1.29 is 0 Å². The van der Waals surface area contributed by atoms with Crippen LogP contribution in [-0.4, -0.2) is 44.9 Å². The van der Waals surface area contributed by atoms with Crippen LogP contribution in [0.1, 0.15) is 0 Å². The average molecular weight is 147 g/mol. The first-order chi connectivity index (χ1) is 3.77. The zero-order valence-corrected chi connectivity index (χ0v) is 9.69. The van der Waals surface area contributed by atoms with E-state index in [1.54, 1.807) is 6.04 Å². The van der Waals surface area contributed by atoms with Gasteiger partial charge in [-0.2, -0.15) is 0 Å². The Kier molecular flexibility index (Phi) is 5.80. The van der Waals surface area contributed by atoms with E-state index in [1.165, 1.54) is 22.5 Å². The SMILES string of the molecule is CN(C)C[SiH2]CC[SiH3]. The van der Waals surface area contributed by atoms with Gasteiger partial charge in [-0.15, -0.1) is 0 Å². The van der Waals surface area contributed by atoms with Crippen molar-refractivity contribution in [1.82, 2.24) is 4.90 Å². The molecule has 0 aromatic rings. The summed E-state index contributed by atoms with van der Waals surface area (Å²) >= 11 is 0. The number of hydrogen-bond donors (Lipinski definition) is 0. The van der Waals surface area contributed by atoms with Crippen molar-refractivity contribution in [3.63, 3.8) is 0 Å². The van der Waals surface area contributed by atoms with E-state index < -0.39 is 0 Å². The molecule has 0 saturated carbocycles. The van der Waals surface area contributed by atoms with Crippen molar-refractivity contribution in [1.29, 1.82) is 0 Å². The minimum absolute atomic E-state index is 0.324. The third-order valence-electron chi connectivity index (χ3n) is 1.21. The third kappa shape index (κ3) is 6.39.